The molecule has 0 aromatic heterocycles. The van der Waals surface area contributed by atoms with Crippen LogP contribution in [0.3, 0.4) is 0 Å². The summed E-state index contributed by atoms with van der Waals surface area (Å²) < 4.78 is 24.5. The van der Waals surface area contributed by atoms with Gasteiger partial charge >= 0.3 is 0 Å². The Labute approximate surface area is 174 Å². The van der Waals surface area contributed by atoms with Gasteiger partial charge < -0.3 is 9.47 Å². The van der Waals surface area contributed by atoms with E-state index in [9.17, 15) is 4.39 Å². The first kappa shape index (κ1) is 21.1. The Kier molecular flexibility index (Phi) is 7.10. The lowest BCUT2D eigenvalue weighted by Crippen LogP contribution is -2.41. The van der Waals surface area contributed by atoms with Crippen LogP contribution in [0.2, 0.25) is 19.1 Å². The molecule has 0 bridgehead atoms. The summed E-state index contributed by atoms with van der Waals surface area (Å²) in [5.74, 6) is 2.12. The van der Waals surface area contributed by atoms with Crippen LogP contribution in [0.5, 0.6) is 17.2 Å². The van der Waals surface area contributed by atoms with E-state index in [1.807, 2.05) is 19.1 Å². The minimum Gasteiger partial charge on any atom is -0.494 e. The summed E-state index contributed by atoms with van der Waals surface area (Å²) in [5, 5.41) is 1.47. The van der Waals surface area contributed by atoms with Crippen LogP contribution in [0.1, 0.15) is 18.9 Å². The molecular weight excluding hydrogens is 379 g/mol. The molecule has 3 rings (SSSR count). The van der Waals surface area contributed by atoms with Crippen LogP contribution in [0.25, 0.3) is 0 Å². The van der Waals surface area contributed by atoms with E-state index in [1.54, 1.807) is 12.1 Å². The molecule has 0 unspecified atom stereocenters. The maximum atomic E-state index is 13.0. The van der Waals surface area contributed by atoms with Gasteiger partial charge in [-0.1, -0.05) is 55.0 Å². The summed E-state index contributed by atoms with van der Waals surface area (Å²) in [6.07, 6.45) is 2.17. The quantitative estimate of drug-likeness (QED) is 0.373. The van der Waals surface area contributed by atoms with Gasteiger partial charge in [0.15, 0.2) is 0 Å². The third kappa shape index (κ3) is 6.19. The molecular formula is C25H29FO2Si. The largest absolute Gasteiger partial charge is 0.494 e. The van der Waals surface area contributed by atoms with E-state index < -0.39 is 8.07 Å². The zero-order valence-electron chi connectivity index (χ0n) is 17.5. The van der Waals surface area contributed by atoms with Crippen molar-refractivity contribution in [1.82, 2.24) is 0 Å². The Balaban J connectivity index is 1.56. The molecule has 0 fully saturated rings. The first-order valence-corrected chi connectivity index (χ1v) is 13.4. The molecule has 0 aliphatic carbocycles. The minimum absolute atomic E-state index is 0.259. The summed E-state index contributed by atoms with van der Waals surface area (Å²) in [5.41, 5.74) is 1.26. The summed E-state index contributed by atoms with van der Waals surface area (Å²) in [4.78, 5) is 0. The lowest BCUT2D eigenvalue weighted by Gasteiger charge is -2.23. The second kappa shape index (κ2) is 9.75. The minimum atomic E-state index is -1.48. The van der Waals surface area contributed by atoms with Crippen molar-refractivity contribution in [3.8, 4) is 17.2 Å². The maximum Gasteiger partial charge on any atom is 0.127 e. The van der Waals surface area contributed by atoms with Crippen molar-refractivity contribution >= 4 is 13.3 Å². The summed E-state index contributed by atoms with van der Waals surface area (Å²) in [7, 11) is -1.48. The van der Waals surface area contributed by atoms with Crippen molar-refractivity contribution in [3.05, 3.63) is 84.2 Å². The van der Waals surface area contributed by atoms with Crippen molar-refractivity contribution in [3.63, 3.8) is 0 Å². The molecule has 0 heterocycles. The van der Waals surface area contributed by atoms with Gasteiger partial charge in [-0.25, -0.2) is 4.39 Å². The molecule has 4 heteroatoms. The van der Waals surface area contributed by atoms with Crippen LogP contribution in [0.4, 0.5) is 4.39 Å². The van der Waals surface area contributed by atoms with Gasteiger partial charge in [-0.2, -0.15) is 0 Å². The number of hydrogen-bond acceptors (Lipinski definition) is 2. The number of ether oxygens (including phenoxy) is 2. The van der Waals surface area contributed by atoms with Crippen LogP contribution in [0, 0.1) is 5.82 Å². The molecule has 0 aliphatic rings. The van der Waals surface area contributed by atoms with Crippen molar-refractivity contribution in [2.75, 3.05) is 6.61 Å². The first-order chi connectivity index (χ1) is 14.0. The Morgan fingerprint density at radius 3 is 2.21 bits per heavy atom. The number of aryl methyl sites for hydroxylation is 1. The molecule has 0 amide bonds. The second-order valence-corrected chi connectivity index (χ2v) is 12.7. The van der Waals surface area contributed by atoms with Gasteiger partial charge in [0.2, 0.25) is 0 Å². The van der Waals surface area contributed by atoms with Crippen molar-refractivity contribution in [2.24, 2.45) is 0 Å². The van der Waals surface area contributed by atoms with Gasteiger partial charge in [-0.05, 0) is 67.4 Å². The number of benzene rings is 3. The van der Waals surface area contributed by atoms with Crippen molar-refractivity contribution < 1.29 is 13.9 Å². The molecule has 0 saturated heterocycles. The number of halogens is 1. The molecule has 0 N–H and O–H groups in total. The van der Waals surface area contributed by atoms with Crippen LogP contribution < -0.4 is 14.7 Å². The molecule has 152 valence electrons. The fourth-order valence-electron chi connectivity index (χ4n) is 3.45. The average Bonchev–Trinajstić information content (AvgIpc) is 2.71. The molecule has 0 aliphatic heterocycles. The molecule has 0 atom stereocenters. The Morgan fingerprint density at radius 1 is 0.828 bits per heavy atom. The van der Waals surface area contributed by atoms with Crippen molar-refractivity contribution in [2.45, 2.75) is 38.9 Å². The molecule has 3 aromatic rings. The molecule has 0 saturated carbocycles. The highest BCUT2D eigenvalue weighted by atomic mass is 28.3. The monoisotopic (exact) mass is 408 g/mol. The first-order valence-electron chi connectivity index (χ1n) is 10.2. The highest BCUT2D eigenvalue weighted by molar-refractivity contribution is 6.89. The van der Waals surface area contributed by atoms with Gasteiger partial charge in [0.05, 0.1) is 14.7 Å². The fourth-order valence-corrected chi connectivity index (χ4v) is 5.87. The predicted molar refractivity (Wildman–Crippen MR) is 121 cm³/mol. The van der Waals surface area contributed by atoms with Gasteiger partial charge in [0, 0.05) is 0 Å². The highest BCUT2D eigenvalue weighted by Crippen LogP contribution is 2.24. The molecule has 29 heavy (non-hydrogen) atoms. The Hall–Kier alpha value is -2.59. The number of hydrogen-bond donors (Lipinski definition) is 0. The van der Waals surface area contributed by atoms with E-state index in [0.29, 0.717) is 12.4 Å². The number of rotatable bonds is 9. The van der Waals surface area contributed by atoms with Crippen LogP contribution in [0.15, 0.2) is 72.8 Å². The van der Waals surface area contributed by atoms with Crippen LogP contribution in [-0.2, 0) is 6.42 Å². The molecule has 0 spiro atoms. The van der Waals surface area contributed by atoms with Crippen LogP contribution in [-0.4, -0.2) is 14.7 Å². The predicted octanol–water partition coefficient (Wildman–Crippen LogP) is 6.56. The van der Waals surface area contributed by atoms with Gasteiger partial charge in [0.1, 0.15) is 23.1 Å². The zero-order chi connectivity index (χ0) is 20.7. The Morgan fingerprint density at radius 2 is 1.52 bits per heavy atom. The third-order valence-electron chi connectivity index (χ3n) is 5.16. The van der Waals surface area contributed by atoms with Gasteiger partial charge in [-0.3, -0.25) is 0 Å². The smallest absolute Gasteiger partial charge is 0.127 e. The van der Waals surface area contributed by atoms with Gasteiger partial charge in [-0.15, -0.1) is 0 Å². The van der Waals surface area contributed by atoms with Gasteiger partial charge in [0.25, 0.3) is 0 Å². The standard InChI is InChI=1S/C25H29FO2Si/c1-4-27-22-14-16-25(17-15-22)29(2,3)18-6-8-20-7-5-9-24(19-20)28-23-12-10-21(26)11-13-23/h5,7,9-17,19H,4,6,8,18H2,1-3H3. The lowest BCUT2D eigenvalue weighted by molar-refractivity contribution is 0.340. The summed E-state index contributed by atoms with van der Waals surface area (Å²) in [6.45, 7) is 7.56. The van der Waals surface area contributed by atoms with E-state index in [4.69, 9.17) is 9.47 Å². The second-order valence-electron chi connectivity index (χ2n) is 7.90. The SMILES string of the molecule is CCOc1ccc([Si](C)(C)CCCc2cccc(Oc3ccc(F)cc3)c2)cc1. The van der Waals surface area contributed by atoms with E-state index in [2.05, 4.69) is 49.5 Å². The fraction of sp³-hybridized carbons (Fsp3) is 0.280. The third-order valence-corrected chi connectivity index (χ3v) is 8.66. The topological polar surface area (TPSA) is 18.5 Å². The normalized spacial score (nSPS) is 11.3. The molecule has 2 nitrogen and oxygen atoms in total. The lowest BCUT2D eigenvalue weighted by atomic mass is 10.1. The van der Waals surface area contributed by atoms with E-state index >= 15 is 0 Å². The maximum absolute atomic E-state index is 13.0. The average molecular weight is 409 g/mol. The Bertz CT molecular complexity index is 905. The van der Waals surface area contributed by atoms with Crippen LogP contribution >= 0.6 is 0 Å². The highest BCUT2D eigenvalue weighted by Gasteiger charge is 2.22. The zero-order valence-corrected chi connectivity index (χ0v) is 18.5. The van der Waals surface area contributed by atoms with E-state index in [-0.39, 0.29) is 5.82 Å². The van der Waals surface area contributed by atoms with Crippen molar-refractivity contribution in [1.29, 1.82) is 0 Å². The molecule has 0 radical (unpaired) electrons. The van der Waals surface area contributed by atoms with E-state index in [0.717, 1.165) is 24.3 Å². The van der Waals surface area contributed by atoms with E-state index in [1.165, 1.54) is 28.9 Å². The molecule has 3 aromatic carbocycles. The summed E-state index contributed by atoms with van der Waals surface area (Å²) >= 11 is 0. The summed E-state index contributed by atoms with van der Waals surface area (Å²) in [6, 6.07) is 24.1.